The van der Waals surface area contributed by atoms with Crippen LogP contribution in [0.4, 0.5) is 11.4 Å². The van der Waals surface area contributed by atoms with Gasteiger partial charge in [0.25, 0.3) is 0 Å². The summed E-state index contributed by atoms with van der Waals surface area (Å²) in [7, 11) is 1.64. The Labute approximate surface area is 190 Å². The number of anilines is 2. The topological polar surface area (TPSA) is 71.1 Å². The third kappa shape index (κ3) is 6.23. The summed E-state index contributed by atoms with van der Waals surface area (Å²) in [5.41, 5.74) is 2.73. The molecule has 1 fully saturated rings. The van der Waals surface area contributed by atoms with Gasteiger partial charge in [0, 0.05) is 43.9 Å². The molecule has 1 aliphatic rings. The van der Waals surface area contributed by atoms with E-state index < -0.39 is 0 Å². The smallest absolute Gasteiger partial charge is 0.227 e. The third-order valence-corrected chi connectivity index (χ3v) is 5.57. The van der Waals surface area contributed by atoms with Gasteiger partial charge in [-0.2, -0.15) is 0 Å². The van der Waals surface area contributed by atoms with Gasteiger partial charge in [0.1, 0.15) is 0 Å². The van der Waals surface area contributed by atoms with Crippen LogP contribution in [-0.4, -0.2) is 50.1 Å². The minimum absolute atomic E-state index is 0.0299. The van der Waals surface area contributed by atoms with Crippen molar-refractivity contribution in [3.8, 4) is 11.5 Å². The van der Waals surface area contributed by atoms with Crippen molar-refractivity contribution < 1.29 is 19.1 Å². The van der Waals surface area contributed by atoms with Crippen molar-refractivity contribution in [2.75, 3.05) is 43.6 Å². The van der Waals surface area contributed by atoms with Gasteiger partial charge in [-0.25, -0.2) is 0 Å². The summed E-state index contributed by atoms with van der Waals surface area (Å²) in [6.45, 7) is 7.59. The molecular formula is C25H33N3O4. The van der Waals surface area contributed by atoms with Gasteiger partial charge in [-0.1, -0.05) is 13.0 Å². The molecule has 0 aromatic heterocycles. The maximum absolute atomic E-state index is 12.5. The number of benzene rings is 2. The molecule has 2 amide bonds. The van der Waals surface area contributed by atoms with Crippen LogP contribution in [0, 0.1) is 0 Å². The number of hydrogen-bond acceptors (Lipinski definition) is 5. The second-order valence-electron chi connectivity index (χ2n) is 7.78. The normalized spacial score (nSPS) is 13.5. The lowest BCUT2D eigenvalue weighted by atomic mass is 10.1. The number of rotatable bonds is 11. The van der Waals surface area contributed by atoms with Gasteiger partial charge in [-0.3, -0.25) is 14.5 Å². The van der Waals surface area contributed by atoms with Gasteiger partial charge in [0.05, 0.1) is 13.7 Å². The average molecular weight is 440 g/mol. The molecule has 32 heavy (non-hydrogen) atoms. The van der Waals surface area contributed by atoms with E-state index in [2.05, 4.69) is 17.1 Å². The molecule has 2 aromatic carbocycles. The first-order valence-corrected chi connectivity index (χ1v) is 11.3. The summed E-state index contributed by atoms with van der Waals surface area (Å²) in [4.78, 5) is 28.3. The zero-order chi connectivity index (χ0) is 22.9. The predicted molar refractivity (Wildman–Crippen MR) is 126 cm³/mol. The average Bonchev–Trinajstić information content (AvgIpc) is 3.24. The Bertz CT molecular complexity index is 914. The molecule has 172 valence electrons. The SMILES string of the molecule is CCOc1ccc(CN(CC)CCC(=O)Nc2ccc(N3CCCC3=O)cc2)cc1OC. The molecule has 1 saturated heterocycles. The van der Waals surface area contributed by atoms with Gasteiger partial charge in [0.15, 0.2) is 11.5 Å². The van der Waals surface area contributed by atoms with E-state index >= 15 is 0 Å². The van der Waals surface area contributed by atoms with Crippen molar-refractivity contribution >= 4 is 23.2 Å². The third-order valence-electron chi connectivity index (χ3n) is 5.57. The van der Waals surface area contributed by atoms with Crippen LogP contribution in [0.15, 0.2) is 42.5 Å². The minimum atomic E-state index is -0.0299. The molecule has 1 N–H and O–H groups in total. The largest absolute Gasteiger partial charge is 0.493 e. The highest BCUT2D eigenvalue weighted by Gasteiger charge is 2.21. The Hall–Kier alpha value is -3.06. The van der Waals surface area contributed by atoms with Crippen molar-refractivity contribution in [1.29, 1.82) is 0 Å². The highest BCUT2D eigenvalue weighted by atomic mass is 16.5. The van der Waals surface area contributed by atoms with Crippen molar-refractivity contribution in [1.82, 2.24) is 4.90 Å². The first kappa shape index (κ1) is 23.6. The molecule has 0 aliphatic carbocycles. The van der Waals surface area contributed by atoms with Crippen LogP contribution >= 0.6 is 0 Å². The number of nitrogens with one attached hydrogen (secondary N) is 1. The van der Waals surface area contributed by atoms with Crippen molar-refractivity contribution in [2.45, 2.75) is 39.7 Å². The van der Waals surface area contributed by atoms with Crippen LogP contribution in [0.2, 0.25) is 0 Å². The lowest BCUT2D eigenvalue weighted by molar-refractivity contribution is -0.117. The Balaban J connectivity index is 1.50. The number of amides is 2. The maximum atomic E-state index is 12.5. The highest BCUT2D eigenvalue weighted by molar-refractivity contribution is 5.96. The highest BCUT2D eigenvalue weighted by Crippen LogP contribution is 2.28. The van der Waals surface area contributed by atoms with E-state index in [0.717, 1.165) is 54.5 Å². The quantitative estimate of drug-likeness (QED) is 0.571. The van der Waals surface area contributed by atoms with Crippen LogP contribution in [0.5, 0.6) is 11.5 Å². The molecule has 3 rings (SSSR count). The molecule has 0 unspecified atom stereocenters. The second-order valence-corrected chi connectivity index (χ2v) is 7.78. The van der Waals surface area contributed by atoms with Crippen molar-refractivity contribution in [3.63, 3.8) is 0 Å². The molecule has 7 nitrogen and oxygen atoms in total. The summed E-state index contributed by atoms with van der Waals surface area (Å²) >= 11 is 0. The van der Waals surface area contributed by atoms with Gasteiger partial charge in [-0.15, -0.1) is 0 Å². The van der Waals surface area contributed by atoms with Gasteiger partial charge < -0.3 is 19.7 Å². The minimum Gasteiger partial charge on any atom is -0.493 e. The molecule has 0 saturated carbocycles. The Morgan fingerprint density at radius 1 is 1.12 bits per heavy atom. The summed E-state index contributed by atoms with van der Waals surface area (Å²) in [6, 6.07) is 13.4. The fourth-order valence-corrected chi connectivity index (χ4v) is 3.82. The molecule has 0 spiro atoms. The second kappa shape index (κ2) is 11.5. The summed E-state index contributed by atoms with van der Waals surface area (Å²) < 4.78 is 11.0. The monoisotopic (exact) mass is 439 g/mol. The number of ether oxygens (including phenoxy) is 2. The molecule has 0 radical (unpaired) electrons. The zero-order valence-electron chi connectivity index (χ0n) is 19.2. The van der Waals surface area contributed by atoms with Crippen LogP contribution < -0.4 is 19.7 Å². The van der Waals surface area contributed by atoms with Crippen LogP contribution in [0.1, 0.15) is 38.7 Å². The molecule has 0 bridgehead atoms. The molecule has 0 atom stereocenters. The van der Waals surface area contributed by atoms with Crippen molar-refractivity contribution in [3.05, 3.63) is 48.0 Å². The lowest BCUT2D eigenvalue weighted by Gasteiger charge is -2.21. The molecule has 2 aromatic rings. The summed E-state index contributed by atoms with van der Waals surface area (Å²) in [5, 5.41) is 2.95. The van der Waals surface area contributed by atoms with Gasteiger partial charge in [0.2, 0.25) is 11.8 Å². The number of hydrogen-bond donors (Lipinski definition) is 1. The number of methoxy groups -OCH3 is 1. The fourth-order valence-electron chi connectivity index (χ4n) is 3.82. The first-order chi connectivity index (χ1) is 15.5. The van der Waals surface area contributed by atoms with Crippen LogP contribution in [-0.2, 0) is 16.1 Å². The summed E-state index contributed by atoms with van der Waals surface area (Å²) in [6.07, 6.45) is 1.90. The number of carbonyl (C=O) groups is 2. The van der Waals surface area contributed by atoms with E-state index in [4.69, 9.17) is 9.47 Å². The number of nitrogens with zero attached hydrogens (tertiary/aromatic N) is 2. The molecule has 7 heteroatoms. The van der Waals surface area contributed by atoms with E-state index in [-0.39, 0.29) is 11.8 Å². The van der Waals surface area contributed by atoms with Gasteiger partial charge in [-0.05, 0) is 61.9 Å². The molecule has 1 aliphatic heterocycles. The maximum Gasteiger partial charge on any atom is 0.227 e. The fraction of sp³-hybridized carbons (Fsp3) is 0.440. The first-order valence-electron chi connectivity index (χ1n) is 11.3. The van der Waals surface area contributed by atoms with Crippen LogP contribution in [0.3, 0.4) is 0 Å². The van der Waals surface area contributed by atoms with E-state index in [9.17, 15) is 9.59 Å². The summed E-state index contributed by atoms with van der Waals surface area (Å²) in [5.74, 6) is 1.59. The predicted octanol–water partition coefficient (Wildman–Crippen LogP) is 4.07. The Morgan fingerprint density at radius 3 is 2.53 bits per heavy atom. The van der Waals surface area contributed by atoms with E-state index in [1.54, 1.807) is 12.0 Å². The van der Waals surface area contributed by atoms with Crippen molar-refractivity contribution in [2.24, 2.45) is 0 Å². The Kier molecular flexibility index (Phi) is 8.50. The van der Waals surface area contributed by atoms with Gasteiger partial charge >= 0.3 is 0 Å². The van der Waals surface area contributed by atoms with E-state index in [0.29, 0.717) is 26.0 Å². The van der Waals surface area contributed by atoms with E-state index in [1.807, 2.05) is 49.4 Å². The molecule has 1 heterocycles. The standard InChI is InChI=1S/C25H33N3O4/c1-4-27(18-19-8-13-22(32-5-2)23(17-19)31-3)16-14-24(29)26-20-9-11-21(12-10-20)28-15-6-7-25(28)30/h8-13,17H,4-7,14-16,18H2,1-3H3,(H,26,29). The Morgan fingerprint density at radius 2 is 1.91 bits per heavy atom. The van der Waals surface area contributed by atoms with Crippen LogP contribution in [0.25, 0.3) is 0 Å². The van der Waals surface area contributed by atoms with E-state index in [1.165, 1.54) is 0 Å². The zero-order valence-corrected chi connectivity index (χ0v) is 19.2. The molecular weight excluding hydrogens is 406 g/mol. The number of carbonyl (C=O) groups excluding carboxylic acids is 2. The lowest BCUT2D eigenvalue weighted by Crippen LogP contribution is -2.27.